The van der Waals surface area contributed by atoms with Crippen LogP contribution in [0.4, 0.5) is 0 Å². The molecule has 1 aliphatic carbocycles. The topological polar surface area (TPSA) is 60.4 Å². The van der Waals surface area contributed by atoms with Crippen LogP contribution >= 0.6 is 0 Å². The second kappa shape index (κ2) is 1.87. The molecular weight excluding hydrogens is 327 g/mol. The van der Waals surface area contributed by atoms with E-state index in [0.717, 1.165) is 0 Å². The van der Waals surface area contributed by atoms with Gasteiger partial charge in [-0.3, -0.25) is 0 Å². The predicted molar refractivity (Wildman–Crippen MR) is 88.9 cm³/mol. The molecule has 0 heterocycles. The van der Waals surface area contributed by atoms with Crippen molar-refractivity contribution in [2.45, 2.75) is 40.9 Å². The van der Waals surface area contributed by atoms with Crippen molar-refractivity contribution in [2.24, 2.45) is 0 Å². The van der Waals surface area contributed by atoms with Crippen LogP contribution in [0.5, 0.6) is 0 Å². The van der Waals surface area contributed by atoms with Gasteiger partial charge in [0.05, 0.1) is 0 Å². The Bertz CT molecular complexity index is 1180. The first-order valence-electron chi connectivity index (χ1n) is 6.44. The van der Waals surface area contributed by atoms with Crippen molar-refractivity contribution in [3.63, 3.8) is 0 Å². The average molecular weight is 354 g/mol. The van der Waals surface area contributed by atoms with Crippen molar-refractivity contribution in [3.05, 3.63) is 22.7 Å². The molecule has 0 radical (unpaired) electrons. The first-order chi connectivity index (χ1) is 8.80. The summed E-state index contributed by atoms with van der Waals surface area (Å²) < 4.78 is 5.70. The van der Waals surface area contributed by atoms with Crippen LogP contribution in [0.2, 0.25) is 34.4 Å². The first kappa shape index (κ1) is 18.0. The van der Waals surface area contributed by atoms with Crippen molar-refractivity contribution >= 4 is 24.8 Å². The second-order valence-electron chi connectivity index (χ2n) is 12.2. The van der Waals surface area contributed by atoms with E-state index in [4.69, 9.17) is 4.43 Å². The molecule has 0 bridgehead atoms. The number of carbonyl (C=O) groups excluding carboxylic acids is 3. The molecule has 21 heavy (non-hydrogen) atoms. The Hall–Kier alpha value is -1.08. The molecule has 1 rings (SSSR count). The Morgan fingerprint density at radius 2 is 1.57 bits per heavy atom. The minimum absolute atomic E-state index is 0.0803. The summed E-state index contributed by atoms with van der Waals surface area (Å²) in [5.74, 6) is 7.19. The fourth-order valence-electron chi connectivity index (χ4n) is 2.48. The maximum absolute atomic E-state index is 12.8. The molecule has 0 amide bonds. The summed E-state index contributed by atoms with van der Waals surface area (Å²) in [6.45, 7) is 0.0803. The minimum atomic E-state index is -7.37. The van der Waals surface area contributed by atoms with Gasteiger partial charge in [-0.1, -0.05) is 0 Å². The first-order valence-corrected chi connectivity index (χ1v) is 16.4. The Kier molecular flexibility index (Phi) is 1.60. The van der Waals surface area contributed by atoms with Crippen LogP contribution in [-0.4, -0.2) is 31.5 Å². The van der Waals surface area contributed by atoms with Gasteiger partial charge in [-0.2, -0.15) is 0 Å². The third-order valence-electron chi connectivity index (χ3n) is 5.75. The Balaban J connectivity index is 5.13. The van der Waals surface area contributed by atoms with E-state index in [1.807, 2.05) is 14.4 Å². The van der Waals surface area contributed by atoms with Crippen LogP contribution in [0.3, 0.4) is 0 Å². The third kappa shape index (κ3) is 1.41. The number of rotatable bonds is 4. The fourth-order valence-corrected chi connectivity index (χ4v) is 9.80. The number of hydrogen-bond donors (Lipinski definition) is 0. The zero-order chi connectivity index (χ0) is 17.0. The maximum atomic E-state index is 12.8. The molecule has 6 heteroatoms. The van der Waals surface area contributed by atoms with Crippen LogP contribution in [0, 0.1) is 0 Å². The predicted octanol–water partition coefficient (Wildman–Crippen LogP) is 2.36. The quantitative estimate of drug-likeness (QED) is 0.727. The molecule has 0 aromatic rings. The van der Waals surface area contributed by atoms with Crippen molar-refractivity contribution in [1.82, 2.24) is 0 Å². The molecule has 0 N–H and O–H groups in total. The summed E-state index contributed by atoms with van der Waals surface area (Å²) in [6.07, 6.45) is 5.50. The van der Waals surface area contributed by atoms with Crippen LogP contribution in [0.25, 0.3) is 0 Å². The van der Waals surface area contributed by atoms with Crippen LogP contribution < -0.4 is 0 Å². The third-order valence-corrected chi connectivity index (χ3v) is 21.6. The molecule has 1 aliphatic rings. The molecule has 0 aliphatic heterocycles. The van der Waals surface area contributed by atoms with Gasteiger partial charge < -0.3 is 0 Å². The standard InChI is InChI=1S/C5H5.C2H7OSi.3CO.5CH3.Mn/c1-2-4-5-3-1;1-2-3-4;3*1-2;;;;;;/h1-3H,4H2;1-2H2,4H3;;;;5*1H3;. The average Bonchev–Trinajstić information content (AvgIpc) is 2.96. The summed E-state index contributed by atoms with van der Waals surface area (Å²) >= 11 is 0. The molecule has 4 nitrogen and oxygen atoms in total. The van der Waals surface area contributed by atoms with E-state index in [1.165, 1.54) is 29.1 Å². The number of allylic oxidation sites excluding steroid dienone is 4. The fraction of sp³-hybridized carbons (Fsp3) is 0.533. The molecular formula is C15H27MnO4Si. The zero-order valence-corrected chi connectivity index (χ0v) is 17.0. The van der Waals surface area contributed by atoms with Gasteiger partial charge in [0.1, 0.15) is 0 Å². The van der Waals surface area contributed by atoms with Gasteiger partial charge in [0, 0.05) is 0 Å². The molecule has 0 aromatic carbocycles. The van der Waals surface area contributed by atoms with Crippen molar-refractivity contribution < 1.29 is 24.0 Å². The molecule has 122 valence electrons. The zero-order valence-electron chi connectivity index (χ0n) is 13.9. The molecule has 0 saturated heterocycles. The molecule has 0 atom stereocenters. The Morgan fingerprint density at radius 1 is 1.10 bits per heavy atom. The molecule has 0 spiro atoms. The van der Waals surface area contributed by atoms with Crippen LogP contribution in [-0.2, 0) is 24.0 Å². The molecule has 0 saturated carbocycles. The van der Waals surface area contributed by atoms with Crippen molar-refractivity contribution in [3.8, 4) is 0 Å². The summed E-state index contributed by atoms with van der Waals surface area (Å²) in [5, 5.41) is -7.52. The van der Waals surface area contributed by atoms with Gasteiger partial charge >= 0.3 is 119 Å². The summed E-state index contributed by atoms with van der Waals surface area (Å²) in [6, 6.07) is 0. The van der Waals surface area contributed by atoms with E-state index in [2.05, 4.69) is 0 Å². The van der Waals surface area contributed by atoms with Crippen molar-refractivity contribution in [1.29, 1.82) is 0 Å². The van der Waals surface area contributed by atoms with Gasteiger partial charge in [-0.15, -0.1) is 0 Å². The van der Waals surface area contributed by atoms with Crippen molar-refractivity contribution in [2.75, 3.05) is 6.61 Å². The Labute approximate surface area is 119 Å². The second-order valence-corrected chi connectivity index (χ2v) is 46.0. The van der Waals surface area contributed by atoms with E-state index in [9.17, 15) is 14.4 Å². The van der Waals surface area contributed by atoms with Gasteiger partial charge in [0.2, 0.25) is 0 Å². The van der Waals surface area contributed by atoms with Gasteiger partial charge in [-0.25, -0.2) is 0 Å². The van der Waals surface area contributed by atoms with Gasteiger partial charge in [0.15, 0.2) is 0 Å². The molecule has 0 aromatic heterocycles. The van der Waals surface area contributed by atoms with E-state index in [0.29, 0.717) is 21.4 Å². The summed E-state index contributed by atoms with van der Waals surface area (Å²) in [4.78, 5) is 44.5. The molecule has 0 unspecified atom stereocenters. The Morgan fingerprint density at radius 3 is 1.86 bits per heavy atom. The van der Waals surface area contributed by atoms with E-state index in [1.54, 1.807) is 18.2 Å². The summed E-state index contributed by atoms with van der Waals surface area (Å²) in [5.41, 5.74) is 0. The van der Waals surface area contributed by atoms with E-state index in [-0.39, 0.29) is 11.9 Å². The molecule has 0 fully saturated rings. The number of hydrogen-bond acceptors (Lipinski definition) is 4. The van der Waals surface area contributed by atoms with Crippen LogP contribution in [0.15, 0.2) is 22.7 Å². The van der Waals surface area contributed by atoms with Gasteiger partial charge in [0.25, 0.3) is 0 Å². The van der Waals surface area contributed by atoms with Crippen LogP contribution in [0.1, 0.15) is 6.42 Å². The SMILES string of the molecule is [CH3][Mn]([CH3])([CH3])([CH3])([CH3])(=[C]=O)(=[C]=O)(=[C]=O)([CH2]CO[SiH3])[C]1=CC=CC1. The van der Waals surface area contributed by atoms with E-state index >= 15 is 0 Å². The summed E-state index contributed by atoms with van der Waals surface area (Å²) in [7, 11) is 0.426. The van der Waals surface area contributed by atoms with Gasteiger partial charge in [-0.05, 0) is 0 Å². The normalized spacial score (nSPS) is 27.8. The monoisotopic (exact) mass is 354 g/mol. The van der Waals surface area contributed by atoms with E-state index < -0.39 is 5.20 Å².